The van der Waals surface area contributed by atoms with Crippen LogP contribution < -0.4 is 5.32 Å². The Labute approximate surface area is 142 Å². The van der Waals surface area contributed by atoms with Crippen molar-refractivity contribution in [3.05, 3.63) is 24.3 Å². The number of hydrogen-bond acceptors (Lipinski definition) is 4. The van der Waals surface area contributed by atoms with Crippen molar-refractivity contribution in [2.24, 2.45) is 5.92 Å². The summed E-state index contributed by atoms with van der Waals surface area (Å²) in [4.78, 5) is 26.5. The van der Waals surface area contributed by atoms with Gasteiger partial charge in [0.05, 0.1) is 6.61 Å². The lowest BCUT2D eigenvalue weighted by atomic mass is 9.95. The molecule has 3 aliphatic rings. The van der Waals surface area contributed by atoms with E-state index in [4.69, 9.17) is 9.47 Å². The van der Waals surface area contributed by atoms with E-state index >= 15 is 0 Å². The molecule has 2 aliphatic heterocycles. The van der Waals surface area contributed by atoms with Crippen molar-refractivity contribution in [3.8, 4) is 0 Å². The zero-order valence-corrected chi connectivity index (χ0v) is 14.3. The van der Waals surface area contributed by atoms with Crippen LogP contribution in [0.1, 0.15) is 26.7 Å². The van der Waals surface area contributed by atoms with E-state index in [1.165, 1.54) is 0 Å². The fourth-order valence-corrected chi connectivity index (χ4v) is 3.36. The molecular formula is C18H26N2O4. The van der Waals surface area contributed by atoms with Gasteiger partial charge in [0.15, 0.2) is 6.10 Å². The van der Waals surface area contributed by atoms with Crippen LogP contribution in [0.25, 0.3) is 0 Å². The van der Waals surface area contributed by atoms with E-state index in [1.807, 2.05) is 38.2 Å². The average Bonchev–Trinajstić information content (AvgIpc) is 2.60. The Bertz CT molecular complexity index is 535. The summed E-state index contributed by atoms with van der Waals surface area (Å²) in [6, 6.07) is 0.149. The number of piperidine rings is 1. The molecule has 0 radical (unpaired) electrons. The van der Waals surface area contributed by atoms with Crippen LogP contribution in [0.4, 0.5) is 0 Å². The molecule has 6 nitrogen and oxygen atoms in total. The van der Waals surface area contributed by atoms with E-state index < -0.39 is 6.10 Å². The lowest BCUT2D eigenvalue weighted by Gasteiger charge is -2.38. The molecule has 0 aromatic rings. The van der Waals surface area contributed by atoms with Gasteiger partial charge in [-0.1, -0.05) is 24.3 Å². The second kappa shape index (κ2) is 7.49. The van der Waals surface area contributed by atoms with Gasteiger partial charge in [-0.05, 0) is 26.7 Å². The van der Waals surface area contributed by atoms with Crippen LogP contribution in [0.15, 0.2) is 24.3 Å². The molecule has 0 aromatic heterocycles. The first-order valence-electron chi connectivity index (χ1n) is 8.76. The van der Waals surface area contributed by atoms with Gasteiger partial charge in [0, 0.05) is 25.0 Å². The third-order valence-electron chi connectivity index (χ3n) is 4.68. The van der Waals surface area contributed by atoms with Gasteiger partial charge in [-0.2, -0.15) is 0 Å². The van der Waals surface area contributed by atoms with Gasteiger partial charge in [-0.3, -0.25) is 9.59 Å². The van der Waals surface area contributed by atoms with E-state index in [1.54, 1.807) is 4.90 Å². The van der Waals surface area contributed by atoms with Crippen molar-refractivity contribution >= 4 is 11.8 Å². The number of allylic oxidation sites excluding steroid dienone is 2. The Hall–Kier alpha value is -1.66. The first-order valence-corrected chi connectivity index (χ1v) is 8.76. The highest BCUT2D eigenvalue weighted by Gasteiger charge is 2.37. The standard InChI is InChI=1S/C18H26N2O4/c1-12(2)19-17(21)13-7-9-20(10-8-13)18(22)16-11-23-14-5-3-4-6-15(14)24-16/h3-6,12-16H,7-11H2,1-2H3,(H,19,21)/t14-,15+,16+/m1/s1. The average molecular weight is 334 g/mol. The van der Waals surface area contributed by atoms with Crippen LogP contribution in [0, 0.1) is 5.92 Å². The van der Waals surface area contributed by atoms with Gasteiger partial charge < -0.3 is 19.7 Å². The molecule has 0 saturated carbocycles. The molecule has 3 rings (SSSR count). The maximum atomic E-state index is 12.7. The number of nitrogens with one attached hydrogen (secondary N) is 1. The molecule has 0 bridgehead atoms. The third kappa shape index (κ3) is 3.87. The van der Waals surface area contributed by atoms with Crippen LogP contribution in [0.2, 0.25) is 0 Å². The summed E-state index contributed by atoms with van der Waals surface area (Å²) >= 11 is 0. The van der Waals surface area contributed by atoms with E-state index in [9.17, 15) is 9.59 Å². The summed E-state index contributed by atoms with van der Waals surface area (Å²) in [7, 11) is 0. The summed E-state index contributed by atoms with van der Waals surface area (Å²) in [5, 5.41) is 2.95. The second-order valence-electron chi connectivity index (χ2n) is 6.92. The van der Waals surface area contributed by atoms with E-state index in [0.717, 1.165) is 0 Å². The Kier molecular flexibility index (Phi) is 5.36. The van der Waals surface area contributed by atoms with E-state index in [2.05, 4.69) is 5.32 Å². The summed E-state index contributed by atoms with van der Waals surface area (Å²) in [6.45, 7) is 5.39. The van der Waals surface area contributed by atoms with Crippen molar-refractivity contribution in [1.82, 2.24) is 10.2 Å². The Morgan fingerprint density at radius 3 is 2.46 bits per heavy atom. The minimum Gasteiger partial charge on any atom is -0.368 e. The molecule has 2 amide bonds. The summed E-state index contributed by atoms with van der Waals surface area (Å²) in [6.07, 6.45) is 8.28. The highest BCUT2D eigenvalue weighted by molar-refractivity contribution is 5.82. The summed E-state index contributed by atoms with van der Waals surface area (Å²) < 4.78 is 11.6. The number of hydrogen-bond donors (Lipinski definition) is 1. The maximum Gasteiger partial charge on any atom is 0.254 e. The Balaban J connectivity index is 1.49. The molecule has 1 aliphatic carbocycles. The van der Waals surface area contributed by atoms with Crippen LogP contribution in [0.5, 0.6) is 0 Å². The quantitative estimate of drug-likeness (QED) is 0.837. The minimum atomic E-state index is -0.552. The Morgan fingerprint density at radius 1 is 1.12 bits per heavy atom. The second-order valence-corrected chi connectivity index (χ2v) is 6.92. The number of likely N-dealkylation sites (tertiary alicyclic amines) is 1. The van der Waals surface area contributed by atoms with E-state index in [-0.39, 0.29) is 42.6 Å². The molecule has 24 heavy (non-hydrogen) atoms. The van der Waals surface area contributed by atoms with Crippen molar-refractivity contribution in [2.75, 3.05) is 19.7 Å². The zero-order chi connectivity index (χ0) is 17.1. The van der Waals surface area contributed by atoms with Gasteiger partial charge in [-0.25, -0.2) is 0 Å². The Morgan fingerprint density at radius 2 is 1.79 bits per heavy atom. The van der Waals surface area contributed by atoms with Crippen LogP contribution in [0.3, 0.4) is 0 Å². The first kappa shape index (κ1) is 17.2. The molecular weight excluding hydrogens is 308 g/mol. The highest BCUT2D eigenvalue weighted by atomic mass is 16.6. The number of amides is 2. The predicted octanol–water partition coefficient (Wildman–Crippen LogP) is 1.03. The summed E-state index contributed by atoms with van der Waals surface area (Å²) in [5.41, 5.74) is 0. The molecule has 1 N–H and O–H groups in total. The molecule has 3 atom stereocenters. The summed E-state index contributed by atoms with van der Waals surface area (Å²) in [5.74, 6) is 0.0613. The van der Waals surface area contributed by atoms with Crippen LogP contribution >= 0.6 is 0 Å². The fraction of sp³-hybridized carbons (Fsp3) is 0.667. The van der Waals surface area contributed by atoms with Crippen LogP contribution in [-0.4, -0.2) is 60.8 Å². The molecule has 2 heterocycles. The van der Waals surface area contributed by atoms with E-state index in [0.29, 0.717) is 25.9 Å². The lowest BCUT2D eigenvalue weighted by molar-refractivity contribution is -0.177. The van der Waals surface area contributed by atoms with Crippen molar-refractivity contribution < 1.29 is 19.1 Å². The molecule has 132 valence electrons. The number of rotatable bonds is 3. The number of ether oxygens (including phenoxy) is 2. The van der Waals surface area contributed by atoms with Crippen LogP contribution in [-0.2, 0) is 19.1 Å². The number of fused-ring (bicyclic) bond motifs is 1. The zero-order valence-electron chi connectivity index (χ0n) is 14.3. The normalized spacial score (nSPS) is 30.3. The molecule has 0 unspecified atom stereocenters. The molecule has 0 aromatic carbocycles. The van der Waals surface area contributed by atoms with Gasteiger partial charge in [0.25, 0.3) is 5.91 Å². The van der Waals surface area contributed by atoms with Gasteiger partial charge >= 0.3 is 0 Å². The molecule has 2 saturated heterocycles. The molecule has 6 heteroatoms. The largest absolute Gasteiger partial charge is 0.368 e. The lowest BCUT2D eigenvalue weighted by Crippen LogP contribution is -2.53. The smallest absolute Gasteiger partial charge is 0.254 e. The van der Waals surface area contributed by atoms with Gasteiger partial charge in [0.1, 0.15) is 12.2 Å². The topological polar surface area (TPSA) is 67.9 Å². The van der Waals surface area contributed by atoms with Crippen molar-refractivity contribution in [2.45, 2.75) is 51.0 Å². The maximum absolute atomic E-state index is 12.7. The third-order valence-corrected chi connectivity index (χ3v) is 4.68. The monoisotopic (exact) mass is 334 g/mol. The first-order chi connectivity index (χ1) is 11.5. The highest BCUT2D eigenvalue weighted by Crippen LogP contribution is 2.23. The molecule has 2 fully saturated rings. The number of carbonyl (C=O) groups excluding carboxylic acids is 2. The number of nitrogens with zero attached hydrogens (tertiary/aromatic N) is 1. The van der Waals surface area contributed by atoms with Crippen molar-refractivity contribution in [1.29, 1.82) is 0 Å². The minimum absolute atomic E-state index is 0.00392. The van der Waals surface area contributed by atoms with Crippen molar-refractivity contribution in [3.63, 3.8) is 0 Å². The number of carbonyl (C=O) groups is 2. The van der Waals surface area contributed by atoms with Gasteiger partial charge in [-0.15, -0.1) is 0 Å². The predicted molar refractivity (Wildman–Crippen MR) is 89.3 cm³/mol. The SMILES string of the molecule is CC(C)NC(=O)C1CCN(C(=O)[C@@H]2CO[C@@H]3C=CC=C[C@@H]3O2)CC1. The fourth-order valence-electron chi connectivity index (χ4n) is 3.36. The van der Waals surface area contributed by atoms with Gasteiger partial charge in [0.2, 0.25) is 5.91 Å². The molecule has 0 spiro atoms.